The molecule has 0 aromatic rings. The van der Waals surface area contributed by atoms with Gasteiger partial charge in [-0.1, -0.05) is 13.8 Å². The molecule has 5 nitrogen and oxygen atoms in total. The van der Waals surface area contributed by atoms with Gasteiger partial charge >= 0.3 is 0 Å². The molecule has 0 spiro atoms. The summed E-state index contributed by atoms with van der Waals surface area (Å²) in [5.41, 5.74) is 0. The van der Waals surface area contributed by atoms with Crippen molar-refractivity contribution in [2.75, 3.05) is 27.2 Å². The van der Waals surface area contributed by atoms with Crippen LogP contribution in [0, 0.1) is 0 Å². The van der Waals surface area contributed by atoms with Gasteiger partial charge in [0.25, 0.3) is 0 Å². The van der Waals surface area contributed by atoms with Gasteiger partial charge in [0.05, 0.1) is 12.6 Å². The van der Waals surface area contributed by atoms with Crippen molar-refractivity contribution < 1.29 is 9.59 Å². The van der Waals surface area contributed by atoms with E-state index in [4.69, 9.17) is 0 Å². The van der Waals surface area contributed by atoms with Crippen LogP contribution in [0.1, 0.15) is 20.3 Å². The molecule has 5 heteroatoms. The fourth-order valence-electron chi connectivity index (χ4n) is 1.76. The highest BCUT2D eigenvalue weighted by atomic mass is 16.2. The largest absolute Gasteiger partial charge is 0.347 e. The van der Waals surface area contributed by atoms with Crippen LogP contribution in [0.15, 0.2) is 0 Å². The Labute approximate surface area is 96.8 Å². The van der Waals surface area contributed by atoms with Crippen molar-refractivity contribution in [3.8, 4) is 0 Å². The first-order chi connectivity index (χ1) is 7.41. The summed E-state index contributed by atoms with van der Waals surface area (Å²) in [6.07, 6.45) is 0.789. The first-order valence-corrected chi connectivity index (χ1v) is 5.66. The van der Waals surface area contributed by atoms with Gasteiger partial charge in [0.1, 0.15) is 0 Å². The number of hydrogen-bond acceptors (Lipinski definition) is 3. The molecule has 0 saturated carbocycles. The van der Waals surface area contributed by atoms with Gasteiger partial charge in [0, 0.05) is 26.7 Å². The highest BCUT2D eigenvalue weighted by Crippen LogP contribution is 2.11. The van der Waals surface area contributed by atoms with E-state index >= 15 is 0 Å². The third kappa shape index (κ3) is 3.20. The van der Waals surface area contributed by atoms with Gasteiger partial charge in [-0.15, -0.1) is 0 Å². The van der Waals surface area contributed by atoms with Gasteiger partial charge in [-0.25, -0.2) is 0 Å². The quantitative estimate of drug-likeness (QED) is 0.716. The Morgan fingerprint density at radius 2 is 2.19 bits per heavy atom. The van der Waals surface area contributed by atoms with E-state index in [2.05, 4.69) is 5.32 Å². The molecule has 92 valence electrons. The first kappa shape index (κ1) is 13.0. The molecular weight excluding hydrogens is 206 g/mol. The van der Waals surface area contributed by atoms with E-state index in [1.165, 1.54) is 4.90 Å². The Morgan fingerprint density at radius 3 is 2.69 bits per heavy atom. The lowest BCUT2D eigenvalue weighted by Crippen LogP contribution is -2.44. The molecule has 0 aliphatic carbocycles. The average Bonchev–Trinajstić information content (AvgIpc) is 2.49. The van der Waals surface area contributed by atoms with Crippen molar-refractivity contribution >= 4 is 11.8 Å². The monoisotopic (exact) mass is 227 g/mol. The number of likely N-dealkylation sites (tertiary alicyclic amines) is 1. The summed E-state index contributed by atoms with van der Waals surface area (Å²) in [6, 6.07) is 0.174. The van der Waals surface area contributed by atoms with Crippen molar-refractivity contribution in [1.82, 2.24) is 15.1 Å². The summed E-state index contributed by atoms with van der Waals surface area (Å²) in [5, 5.41) is 3.21. The zero-order chi connectivity index (χ0) is 12.3. The molecule has 1 rings (SSSR count). The van der Waals surface area contributed by atoms with Gasteiger partial charge in [0.15, 0.2) is 0 Å². The van der Waals surface area contributed by atoms with E-state index in [1.54, 1.807) is 19.0 Å². The molecule has 2 amide bonds. The van der Waals surface area contributed by atoms with Crippen LogP contribution in [-0.4, -0.2) is 60.9 Å². The lowest BCUT2D eigenvalue weighted by Gasteiger charge is -2.19. The smallest absolute Gasteiger partial charge is 0.241 e. The highest BCUT2D eigenvalue weighted by Gasteiger charge is 2.32. The van der Waals surface area contributed by atoms with Crippen LogP contribution >= 0.6 is 0 Å². The van der Waals surface area contributed by atoms with Crippen LogP contribution in [-0.2, 0) is 9.59 Å². The maximum absolute atomic E-state index is 11.9. The van der Waals surface area contributed by atoms with Crippen molar-refractivity contribution in [2.24, 2.45) is 0 Å². The Morgan fingerprint density at radius 1 is 1.56 bits per heavy atom. The van der Waals surface area contributed by atoms with Gasteiger partial charge in [-0.05, 0) is 6.42 Å². The molecule has 0 aromatic carbocycles. The number of carbonyl (C=O) groups excluding carboxylic acids is 2. The molecule has 1 unspecified atom stereocenters. The van der Waals surface area contributed by atoms with E-state index in [-0.39, 0.29) is 24.4 Å². The van der Waals surface area contributed by atoms with Crippen molar-refractivity contribution in [2.45, 2.75) is 32.4 Å². The molecular formula is C11H21N3O2. The molecule has 0 aromatic heterocycles. The van der Waals surface area contributed by atoms with Crippen LogP contribution in [0.5, 0.6) is 0 Å². The van der Waals surface area contributed by atoms with E-state index in [0.717, 1.165) is 6.42 Å². The zero-order valence-electron chi connectivity index (χ0n) is 10.5. The topological polar surface area (TPSA) is 52.7 Å². The van der Waals surface area contributed by atoms with Crippen LogP contribution < -0.4 is 5.32 Å². The van der Waals surface area contributed by atoms with E-state index < -0.39 is 0 Å². The third-order valence-corrected chi connectivity index (χ3v) is 2.66. The minimum absolute atomic E-state index is 0.0291. The number of rotatable bonds is 4. The SMILES string of the molecule is CC(C)NC1CCN(CC(=O)N(C)C)C1=O. The molecule has 16 heavy (non-hydrogen) atoms. The summed E-state index contributed by atoms with van der Waals surface area (Å²) < 4.78 is 0. The predicted molar refractivity (Wildman–Crippen MR) is 62.0 cm³/mol. The van der Waals surface area contributed by atoms with Crippen LogP contribution in [0.3, 0.4) is 0 Å². The summed E-state index contributed by atoms with van der Waals surface area (Å²) in [6.45, 7) is 4.90. The number of amides is 2. The van der Waals surface area contributed by atoms with Crippen LogP contribution in [0.2, 0.25) is 0 Å². The minimum Gasteiger partial charge on any atom is -0.347 e. The fourth-order valence-corrected chi connectivity index (χ4v) is 1.76. The molecule has 0 bridgehead atoms. The third-order valence-electron chi connectivity index (χ3n) is 2.66. The number of likely N-dealkylation sites (N-methyl/N-ethyl adjacent to an activating group) is 1. The molecule has 1 N–H and O–H groups in total. The van der Waals surface area contributed by atoms with Crippen LogP contribution in [0.25, 0.3) is 0 Å². The van der Waals surface area contributed by atoms with Crippen LogP contribution in [0.4, 0.5) is 0 Å². The minimum atomic E-state index is -0.116. The number of nitrogens with one attached hydrogen (secondary N) is 1. The maximum Gasteiger partial charge on any atom is 0.241 e. The first-order valence-electron chi connectivity index (χ1n) is 5.66. The number of carbonyl (C=O) groups is 2. The Kier molecular flexibility index (Phi) is 4.29. The van der Waals surface area contributed by atoms with Gasteiger partial charge < -0.3 is 15.1 Å². The Balaban J connectivity index is 2.48. The lowest BCUT2D eigenvalue weighted by molar-refractivity contribution is -0.137. The van der Waals surface area contributed by atoms with E-state index in [0.29, 0.717) is 12.6 Å². The molecule has 1 atom stereocenters. The van der Waals surface area contributed by atoms with Crippen molar-refractivity contribution in [1.29, 1.82) is 0 Å². The summed E-state index contributed by atoms with van der Waals surface area (Å²) in [4.78, 5) is 26.5. The second-order valence-corrected chi connectivity index (χ2v) is 4.71. The predicted octanol–water partition coefficient (Wildman–Crippen LogP) is -0.326. The Hall–Kier alpha value is -1.10. The normalized spacial score (nSPS) is 20.7. The summed E-state index contributed by atoms with van der Waals surface area (Å²) in [5.74, 6) is 0.0162. The summed E-state index contributed by atoms with van der Waals surface area (Å²) in [7, 11) is 3.40. The van der Waals surface area contributed by atoms with E-state index in [1.807, 2.05) is 13.8 Å². The molecule has 1 heterocycles. The highest BCUT2D eigenvalue weighted by molar-refractivity contribution is 5.88. The van der Waals surface area contributed by atoms with Crippen molar-refractivity contribution in [3.05, 3.63) is 0 Å². The fraction of sp³-hybridized carbons (Fsp3) is 0.818. The number of nitrogens with zero attached hydrogens (tertiary/aromatic N) is 2. The van der Waals surface area contributed by atoms with E-state index in [9.17, 15) is 9.59 Å². The Bertz CT molecular complexity index is 276. The average molecular weight is 227 g/mol. The van der Waals surface area contributed by atoms with Crippen molar-refractivity contribution in [3.63, 3.8) is 0 Å². The second-order valence-electron chi connectivity index (χ2n) is 4.71. The van der Waals surface area contributed by atoms with Gasteiger partial charge in [-0.2, -0.15) is 0 Å². The van der Waals surface area contributed by atoms with Gasteiger partial charge in [-0.3, -0.25) is 9.59 Å². The van der Waals surface area contributed by atoms with Gasteiger partial charge in [0.2, 0.25) is 11.8 Å². The molecule has 1 aliphatic rings. The standard InChI is InChI=1S/C11H21N3O2/c1-8(2)12-9-5-6-14(11(9)16)7-10(15)13(3)4/h8-9,12H,5-7H2,1-4H3. The summed E-state index contributed by atoms with van der Waals surface area (Å²) >= 11 is 0. The number of hydrogen-bond donors (Lipinski definition) is 1. The lowest BCUT2D eigenvalue weighted by atomic mass is 10.2. The molecule has 1 saturated heterocycles. The molecule has 1 fully saturated rings. The molecule has 0 radical (unpaired) electrons. The zero-order valence-corrected chi connectivity index (χ0v) is 10.5. The second kappa shape index (κ2) is 5.30. The molecule has 1 aliphatic heterocycles. The maximum atomic E-state index is 11.9.